The van der Waals surface area contributed by atoms with Gasteiger partial charge in [-0.05, 0) is 83.3 Å². The van der Waals surface area contributed by atoms with Gasteiger partial charge in [0.1, 0.15) is 5.75 Å². The normalized spacial score (nSPS) is 10.6. The first-order valence-corrected chi connectivity index (χ1v) is 12.4. The molecular weight excluding hydrogens is 502 g/mol. The predicted molar refractivity (Wildman–Crippen MR) is 142 cm³/mol. The Labute approximate surface area is 210 Å². The molecule has 0 bridgehead atoms. The lowest BCUT2D eigenvalue weighted by molar-refractivity contribution is -0.116. The summed E-state index contributed by atoms with van der Waals surface area (Å²) in [4.78, 5) is 24.6. The number of carbonyl (C=O) groups excluding carboxylic acids is 2. The van der Waals surface area contributed by atoms with Crippen LogP contribution in [0, 0.1) is 5.92 Å². The van der Waals surface area contributed by atoms with Crippen molar-refractivity contribution in [3.8, 4) is 5.75 Å². The fourth-order valence-electron chi connectivity index (χ4n) is 2.94. The molecule has 0 saturated carbocycles. The van der Waals surface area contributed by atoms with Gasteiger partial charge in [0.15, 0.2) is 5.11 Å². The van der Waals surface area contributed by atoms with Gasteiger partial charge in [-0.25, -0.2) is 0 Å². The van der Waals surface area contributed by atoms with E-state index in [0.717, 1.165) is 25.7 Å². The molecule has 0 radical (unpaired) electrons. The molecule has 8 heteroatoms. The zero-order valence-corrected chi connectivity index (χ0v) is 21.8. The minimum Gasteiger partial charge on any atom is -0.492 e. The lowest BCUT2D eigenvalue weighted by Crippen LogP contribution is -2.34. The maximum absolute atomic E-state index is 12.6. The first kappa shape index (κ1) is 26.8. The minimum atomic E-state index is -0.331. The second-order valence-corrected chi connectivity index (χ2v) is 9.43. The standard InChI is InChI=1S/C25H32BrN3O3S/c1-4-5-6-10-23(30)27-19-8-7-9-20(16-19)28-25(33)29-24(31)18-11-12-22(21(26)15-18)32-14-13-17(2)3/h7-9,11-12,15-17H,4-6,10,13-14H2,1-3H3,(H,27,30)(H2,28,29,31,33). The topological polar surface area (TPSA) is 79.5 Å². The van der Waals surface area contributed by atoms with Crippen molar-refractivity contribution in [2.75, 3.05) is 17.2 Å². The molecule has 2 rings (SSSR count). The quantitative estimate of drug-likeness (QED) is 0.226. The fraction of sp³-hybridized carbons (Fsp3) is 0.400. The Morgan fingerprint density at radius 2 is 1.79 bits per heavy atom. The van der Waals surface area contributed by atoms with E-state index in [9.17, 15) is 9.59 Å². The van der Waals surface area contributed by atoms with E-state index in [1.807, 2.05) is 18.2 Å². The molecular formula is C25H32BrN3O3S. The van der Waals surface area contributed by atoms with Crippen LogP contribution in [0.4, 0.5) is 11.4 Å². The first-order valence-electron chi connectivity index (χ1n) is 11.2. The molecule has 3 N–H and O–H groups in total. The summed E-state index contributed by atoms with van der Waals surface area (Å²) in [6, 6.07) is 12.4. The van der Waals surface area contributed by atoms with Gasteiger partial charge in [0.2, 0.25) is 5.91 Å². The average Bonchev–Trinajstić information content (AvgIpc) is 2.75. The molecule has 0 fully saturated rings. The molecule has 0 saturated heterocycles. The van der Waals surface area contributed by atoms with Crippen molar-refractivity contribution in [3.05, 3.63) is 52.5 Å². The number of hydrogen-bond acceptors (Lipinski definition) is 4. The van der Waals surface area contributed by atoms with Crippen molar-refractivity contribution in [1.29, 1.82) is 0 Å². The molecule has 178 valence electrons. The number of benzene rings is 2. The van der Waals surface area contributed by atoms with Crippen LogP contribution in [-0.2, 0) is 4.79 Å². The van der Waals surface area contributed by atoms with Gasteiger partial charge in [-0.15, -0.1) is 0 Å². The van der Waals surface area contributed by atoms with E-state index >= 15 is 0 Å². The number of rotatable bonds is 11. The van der Waals surface area contributed by atoms with Crippen LogP contribution in [-0.4, -0.2) is 23.5 Å². The van der Waals surface area contributed by atoms with Crippen LogP contribution in [0.3, 0.4) is 0 Å². The number of unbranched alkanes of at least 4 members (excludes halogenated alkanes) is 2. The maximum Gasteiger partial charge on any atom is 0.257 e. The monoisotopic (exact) mass is 533 g/mol. The molecule has 2 amide bonds. The number of hydrogen-bond donors (Lipinski definition) is 3. The number of thiocarbonyl (C=S) groups is 1. The van der Waals surface area contributed by atoms with E-state index in [2.05, 4.69) is 52.7 Å². The number of carbonyl (C=O) groups is 2. The van der Waals surface area contributed by atoms with Crippen molar-refractivity contribution in [2.45, 2.75) is 52.9 Å². The molecule has 0 atom stereocenters. The van der Waals surface area contributed by atoms with E-state index in [-0.39, 0.29) is 16.9 Å². The Bertz CT molecular complexity index is 966. The number of nitrogens with one attached hydrogen (secondary N) is 3. The second-order valence-electron chi connectivity index (χ2n) is 8.17. The Hall–Kier alpha value is -2.45. The van der Waals surface area contributed by atoms with Gasteiger partial charge in [-0.3, -0.25) is 14.9 Å². The van der Waals surface area contributed by atoms with Gasteiger partial charge in [0.05, 0.1) is 11.1 Å². The van der Waals surface area contributed by atoms with E-state index in [4.69, 9.17) is 17.0 Å². The van der Waals surface area contributed by atoms with E-state index in [0.29, 0.717) is 46.1 Å². The highest BCUT2D eigenvalue weighted by molar-refractivity contribution is 9.10. The summed E-state index contributed by atoms with van der Waals surface area (Å²) in [5.74, 6) is 0.910. The van der Waals surface area contributed by atoms with Crippen molar-refractivity contribution in [3.63, 3.8) is 0 Å². The molecule has 33 heavy (non-hydrogen) atoms. The smallest absolute Gasteiger partial charge is 0.257 e. The Morgan fingerprint density at radius 3 is 2.45 bits per heavy atom. The fourth-order valence-corrected chi connectivity index (χ4v) is 3.64. The molecule has 0 aromatic heterocycles. The first-order chi connectivity index (χ1) is 15.8. The molecule has 0 heterocycles. The molecule has 2 aromatic carbocycles. The van der Waals surface area contributed by atoms with Crippen LogP contribution in [0.5, 0.6) is 5.75 Å². The number of halogens is 1. The van der Waals surface area contributed by atoms with Crippen LogP contribution >= 0.6 is 28.1 Å². The third kappa shape index (κ3) is 9.92. The molecule has 0 aliphatic rings. The highest BCUT2D eigenvalue weighted by Gasteiger charge is 2.12. The summed E-state index contributed by atoms with van der Waals surface area (Å²) >= 11 is 8.75. The SMILES string of the molecule is CCCCCC(=O)Nc1cccc(NC(=S)NC(=O)c2ccc(OCCC(C)C)c(Br)c2)c1. The van der Waals surface area contributed by atoms with E-state index in [1.54, 1.807) is 24.3 Å². The summed E-state index contributed by atoms with van der Waals surface area (Å²) in [7, 11) is 0. The van der Waals surface area contributed by atoms with Gasteiger partial charge in [-0.1, -0.05) is 39.7 Å². The number of amides is 2. The van der Waals surface area contributed by atoms with Gasteiger partial charge in [-0.2, -0.15) is 0 Å². The molecule has 0 spiro atoms. The largest absolute Gasteiger partial charge is 0.492 e. The van der Waals surface area contributed by atoms with Gasteiger partial charge in [0, 0.05) is 23.4 Å². The Morgan fingerprint density at radius 1 is 1.06 bits per heavy atom. The van der Waals surface area contributed by atoms with Gasteiger partial charge in [0.25, 0.3) is 5.91 Å². The Kier molecular flexibility index (Phi) is 11.3. The van der Waals surface area contributed by atoms with Crippen LogP contribution in [0.2, 0.25) is 0 Å². The summed E-state index contributed by atoms with van der Waals surface area (Å²) in [5, 5.41) is 8.71. The van der Waals surface area contributed by atoms with Crippen molar-refractivity contribution in [1.82, 2.24) is 5.32 Å². The summed E-state index contributed by atoms with van der Waals surface area (Å²) in [5.41, 5.74) is 1.80. The van der Waals surface area contributed by atoms with Crippen molar-refractivity contribution in [2.24, 2.45) is 5.92 Å². The zero-order valence-electron chi connectivity index (χ0n) is 19.4. The van der Waals surface area contributed by atoms with Crippen LogP contribution in [0.15, 0.2) is 46.9 Å². The van der Waals surface area contributed by atoms with Crippen LogP contribution in [0.1, 0.15) is 63.2 Å². The maximum atomic E-state index is 12.6. The molecule has 0 aliphatic heterocycles. The third-order valence-electron chi connectivity index (χ3n) is 4.79. The van der Waals surface area contributed by atoms with E-state index < -0.39 is 0 Å². The second kappa shape index (κ2) is 14.0. The van der Waals surface area contributed by atoms with Crippen LogP contribution < -0.4 is 20.7 Å². The lowest BCUT2D eigenvalue weighted by atomic mass is 10.1. The number of anilines is 2. The molecule has 0 unspecified atom stereocenters. The minimum absolute atomic E-state index is 0.0151. The molecule has 6 nitrogen and oxygen atoms in total. The molecule has 2 aromatic rings. The summed E-state index contributed by atoms with van der Waals surface area (Å²) in [6.45, 7) is 7.01. The third-order valence-corrected chi connectivity index (χ3v) is 5.61. The summed E-state index contributed by atoms with van der Waals surface area (Å²) in [6.07, 6.45) is 4.43. The average molecular weight is 535 g/mol. The molecule has 0 aliphatic carbocycles. The van der Waals surface area contributed by atoms with Crippen molar-refractivity contribution < 1.29 is 14.3 Å². The van der Waals surface area contributed by atoms with Crippen LogP contribution in [0.25, 0.3) is 0 Å². The Balaban J connectivity index is 1.89. The lowest BCUT2D eigenvalue weighted by Gasteiger charge is -2.13. The highest BCUT2D eigenvalue weighted by atomic mass is 79.9. The van der Waals surface area contributed by atoms with Gasteiger partial charge >= 0.3 is 0 Å². The van der Waals surface area contributed by atoms with E-state index in [1.165, 1.54) is 0 Å². The van der Waals surface area contributed by atoms with Gasteiger partial charge < -0.3 is 15.4 Å². The predicted octanol–water partition coefficient (Wildman–Crippen LogP) is 6.52. The highest BCUT2D eigenvalue weighted by Crippen LogP contribution is 2.26. The van der Waals surface area contributed by atoms with Crippen molar-refractivity contribution >= 4 is 56.4 Å². The summed E-state index contributed by atoms with van der Waals surface area (Å²) < 4.78 is 6.47. The number of ether oxygens (including phenoxy) is 1. The zero-order chi connectivity index (χ0) is 24.2.